The van der Waals surface area contributed by atoms with Gasteiger partial charge in [-0.25, -0.2) is 0 Å². The molecule has 0 bridgehead atoms. The van der Waals surface area contributed by atoms with E-state index in [2.05, 4.69) is 0 Å². The van der Waals surface area contributed by atoms with E-state index in [0.717, 1.165) is 6.42 Å². The first-order valence-electron chi connectivity index (χ1n) is 4.43. The molecule has 4 heteroatoms. The molecule has 1 saturated carbocycles. The van der Waals surface area contributed by atoms with E-state index in [4.69, 9.17) is 23.2 Å². The van der Waals surface area contributed by atoms with E-state index in [1.54, 1.807) is 0 Å². The highest BCUT2D eigenvalue weighted by molar-refractivity contribution is 6.22. The number of alkyl halides is 2. The second-order valence-electron chi connectivity index (χ2n) is 3.80. The van der Waals surface area contributed by atoms with Gasteiger partial charge in [-0.1, -0.05) is 6.92 Å². The van der Waals surface area contributed by atoms with Crippen molar-refractivity contribution in [2.24, 2.45) is 11.8 Å². The predicted octanol–water partition coefficient (Wildman–Crippen LogP) is 1.81. The summed E-state index contributed by atoms with van der Waals surface area (Å²) in [4.78, 5) is 11.6. The van der Waals surface area contributed by atoms with Crippen LogP contribution in [0.2, 0.25) is 0 Å². The molecular weight excluding hydrogens is 211 g/mol. The quantitative estimate of drug-likeness (QED) is 0.743. The molecule has 0 unspecified atom stereocenters. The molecule has 2 atom stereocenters. The number of halogens is 2. The van der Waals surface area contributed by atoms with E-state index in [0.29, 0.717) is 6.42 Å². The fourth-order valence-electron chi connectivity index (χ4n) is 1.80. The summed E-state index contributed by atoms with van der Waals surface area (Å²) < 4.78 is 0. The van der Waals surface area contributed by atoms with Gasteiger partial charge in [0.25, 0.3) is 0 Å². The van der Waals surface area contributed by atoms with Crippen LogP contribution in [-0.2, 0) is 4.79 Å². The van der Waals surface area contributed by atoms with Crippen LogP contribution in [0.4, 0.5) is 0 Å². The first kappa shape index (κ1) is 11.3. The fourth-order valence-corrected chi connectivity index (χ4v) is 2.46. The Morgan fingerprint density at radius 1 is 1.46 bits per heavy atom. The van der Waals surface area contributed by atoms with Gasteiger partial charge in [0.05, 0.1) is 11.8 Å². The fraction of sp³-hybridized carbons (Fsp3) is 0.889. The van der Waals surface area contributed by atoms with Crippen molar-refractivity contribution in [3.63, 3.8) is 0 Å². The van der Waals surface area contributed by atoms with Crippen molar-refractivity contribution in [2.45, 2.75) is 25.4 Å². The summed E-state index contributed by atoms with van der Waals surface area (Å²) in [6.45, 7) is 1.88. The third-order valence-electron chi connectivity index (χ3n) is 2.83. The Balaban J connectivity index is 2.76. The van der Waals surface area contributed by atoms with E-state index in [9.17, 15) is 9.90 Å². The zero-order valence-electron chi connectivity index (χ0n) is 7.59. The van der Waals surface area contributed by atoms with Crippen molar-refractivity contribution >= 4 is 29.0 Å². The summed E-state index contributed by atoms with van der Waals surface area (Å²) in [6.07, 6.45) is 1.54. The molecule has 1 aliphatic carbocycles. The van der Waals surface area contributed by atoms with Crippen LogP contribution in [0.1, 0.15) is 19.8 Å². The van der Waals surface area contributed by atoms with Crippen molar-refractivity contribution in [2.75, 3.05) is 11.8 Å². The van der Waals surface area contributed by atoms with Crippen LogP contribution in [0.15, 0.2) is 0 Å². The Bertz CT molecular complexity index is 202. The van der Waals surface area contributed by atoms with Gasteiger partial charge in [-0.2, -0.15) is 0 Å². The standard InChI is InChI=1S/C9H14Cl2O2/c1-6-2-3-7(8(6)12)9(13,4-10)5-11/h6-7,13H,2-5H2,1H3/t6-,7-/m0/s1. The third-order valence-corrected chi connectivity index (χ3v) is 3.75. The average Bonchev–Trinajstić information content (AvgIpc) is 2.47. The molecule has 0 aliphatic heterocycles. The zero-order valence-corrected chi connectivity index (χ0v) is 9.11. The van der Waals surface area contributed by atoms with E-state index in [-0.39, 0.29) is 29.4 Å². The summed E-state index contributed by atoms with van der Waals surface area (Å²) in [5, 5.41) is 9.93. The summed E-state index contributed by atoms with van der Waals surface area (Å²) in [5.74, 6) is -0.163. The van der Waals surface area contributed by atoms with Crippen LogP contribution < -0.4 is 0 Å². The van der Waals surface area contributed by atoms with Crippen LogP contribution in [0, 0.1) is 11.8 Å². The van der Waals surface area contributed by atoms with Crippen molar-refractivity contribution in [3.05, 3.63) is 0 Å². The maximum absolute atomic E-state index is 11.6. The van der Waals surface area contributed by atoms with Gasteiger partial charge in [0.15, 0.2) is 0 Å². The maximum atomic E-state index is 11.6. The number of ketones is 1. The molecule has 13 heavy (non-hydrogen) atoms. The molecular formula is C9H14Cl2O2. The number of hydrogen-bond acceptors (Lipinski definition) is 2. The highest BCUT2D eigenvalue weighted by Crippen LogP contribution is 2.36. The van der Waals surface area contributed by atoms with Gasteiger partial charge in [-0.05, 0) is 12.8 Å². The Labute approximate surface area is 88.2 Å². The number of aliphatic hydroxyl groups is 1. The van der Waals surface area contributed by atoms with Gasteiger partial charge in [-0.3, -0.25) is 4.79 Å². The first-order chi connectivity index (χ1) is 6.05. The van der Waals surface area contributed by atoms with Gasteiger partial charge in [0.2, 0.25) is 0 Å². The Morgan fingerprint density at radius 3 is 2.31 bits per heavy atom. The molecule has 1 N–H and O–H groups in total. The van der Waals surface area contributed by atoms with Crippen LogP contribution in [0.25, 0.3) is 0 Å². The lowest BCUT2D eigenvalue weighted by Crippen LogP contribution is -2.44. The molecule has 2 nitrogen and oxygen atoms in total. The molecule has 0 aromatic rings. The second-order valence-corrected chi connectivity index (χ2v) is 4.34. The predicted molar refractivity (Wildman–Crippen MR) is 53.3 cm³/mol. The van der Waals surface area contributed by atoms with Gasteiger partial charge in [0, 0.05) is 11.8 Å². The molecule has 1 fully saturated rings. The van der Waals surface area contributed by atoms with Gasteiger partial charge in [0.1, 0.15) is 11.4 Å². The van der Waals surface area contributed by atoms with Gasteiger partial charge in [-0.15, -0.1) is 23.2 Å². The van der Waals surface area contributed by atoms with Crippen LogP contribution in [0.3, 0.4) is 0 Å². The monoisotopic (exact) mass is 224 g/mol. The van der Waals surface area contributed by atoms with Crippen molar-refractivity contribution in [1.29, 1.82) is 0 Å². The minimum atomic E-state index is -1.20. The molecule has 1 rings (SSSR count). The van der Waals surface area contributed by atoms with E-state index < -0.39 is 5.60 Å². The van der Waals surface area contributed by atoms with Crippen molar-refractivity contribution < 1.29 is 9.90 Å². The van der Waals surface area contributed by atoms with E-state index >= 15 is 0 Å². The number of hydrogen-bond donors (Lipinski definition) is 1. The molecule has 76 valence electrons. The topological polar surface area (TPSA) is 37.3 Å². The normalized spacial score (nSPS) is 29.7. The largest absolute Gasteiger partial charge is 0.387 e. The molecule has 0 spiro atoms. The first-order valence-corrected chi connectivity index (χ1v) is 5.50. The summed E-state index contributed by atoms with van der Waals surface area (Å²) in [6, 6.07) is 0. The maximum Gasteiger partial charge on any atom is 0.141 e. The van der Waals surface area contributed by atoms with Crippen molar-refractivity contribution in [1.82, 2.24) is 0 Å². The molecule has 1 aliphatic rings. The van der Waals surface area contributed by atoms with Gasteiger partial charge >= 0.3 is 0 Å². The molecule has 0 saturated heterocycles. The lowest BCUT2D eigenvalue weighted by molar-refractivity contribution is -0.129. The van der Waals surface area contributed by atoms with Crippen LogP contribution in [0.5, 0.6) is 0 Å². The molecule has 0 amide bonds. The van der Waals surface area contributed by atoms with E-state index in [1.165, 1.54) is 0 Å². The zero-order chi connectivity index (χ0) is 10.1. The summed E-state index contributed by atoms with van der Waals surface area (Å²) in [5.41, 5.74) is -1.20. The molecule has 0 aromatic carbocycles. The number of Topliss-reactive ketones (excluding diaryl/α,β-unsaturated/α-hetero) is 1. The van der Waals surface area contributed by atoms with Crippen LogP contribution >= 0.6 is 23.2 Å². The number of carbonyl (C=O) groups excluding carboxylic acids is 1. The Morgan fingerprint density at radius 2 is 2.00 bits per heavy atom. The SMILES string of the molecule is C[C@H]1CC[C@H](C(O)(CCl)CCl)C1=O. The molecule has 0 aromatic heterocycles. The summed E-state index contributed by atoms with van der Waals surface area (Å²) in [7, 11) is 0. The second kappa shape index (κ2) is 4.16. The average molecular weight is 225 g/mol. The van der Waals surface area contributed by atoms with E-state index in [1.807, 2.05) is 6.92 Å². The number of rotatable bonds is 3. The lowest BCUT2D eigenvalue weighted by atomic mass is 9.87. The third kappa shape index (κ3) is 2.00. The number of carbonyl (C=O) groups is 1. The molecule has 0 radical (unpaired) electrons. The van der Waals surface area contributed by atoms with Gasteiger partial charge < -0.3 is 5.11 Å². The Kier molecular flexibility index (Phi) is 3.61. The van der Waals surface area contributed by atoms with Crippen molar-refractivity contribution in [3.8, 4) is 0 Å². The summed E-state index contributed by atoms with van der Waals surface area (Å²) >= 11 is 11.2. The highest BCUT2D eigenvalue weighted by Gasteiger charge is 2.45. The Hall–Kier alpha value is 0.210. The lowest BCUT2D eigenvalue weighted by Gasteiger charge is -2.28. The highest BCUT2D eigenvalue weighted by atomic mass is 35.5. The minimum Gasteiger partial charge on any atom is -0.387 e. The molecule has 0 heterocycles. The minimum absolute atomic E-state index is 0.0274. The van der Waals surface area contributed by atoms with Crippen LogP contribution in [-0.4, -0.2) is 28.3 Å². The smallest absolute Gasteiger partial charge is 0.141 e.